The molecule has 0 aliphatic rings. The predicted molar refractivity (Wildman–Crippen MR) is 96.5 cm³/mol. The number of urea groups is 1. The molecule has 1 unspecified atom stereocenters. The number of nitrogens with zero attached hydrogens (tertiary/aromatic N) is 2. The lowest BCUT2D eigenvalue weighted by Gasteiger charge is -2.18. The lowest BCUT2D eigenvalue weighted by atomic mass is 10.1. The summed E-state index contributed by atoms with van der Waals surface area (Å²) in [5.41, 5.74) is 3.39. The molecular formula is C18H24N4O2. The van der Waals surface area contributed by atoms with Gasteiger partial charge in [-0.15, -0.1) is 0 Å². The van der Waals surface area contributed by atoms with Crippen LogP contribution in [0.5, 0.6) is 0 Å². The third kappa shape index (κ3) is 4.70. The number of hydrogen-bond acceptors (Lipinski definition) is 4. The average molecular weight is 328 g/mol. The van der Waals surface area contributed by atoms with Crippen LogP contribution in [-0.2, 0) is 0 Å². The van der Waals surface area contributed by atoms with Gasteiger partial charge in [0.05, 0.1) is 11.8 Å². The first kappa shape index (κ1) is 17.7. The Morgan fingerprint density at radius 2 is 1.83 bits per heavy atom. The van der Waals surface area contributed by atoms with Gasteiger partial charge in [0.25, 0.3) is 0 Å². The maximum absolute atomic E-state index is 12.1. The number of benzene rings is 1. The third-order valence-corrected chi connectivity index (χ3v) is 3.60. The molecule has 1 aromatic heterocycles. The summed E-state index contributed by atoms with van der Waals surface area (Å²) in [6.45, 7) is 4.01. The molecule has 0 radical (unpaired) electrons. The fourth-order valence-electron chi connectivity index (χ4n) is 2.24. The molecule has 1 aromatic carbocycles. The quantitative estimate of drug-likeness (QED) is 0.788. The third-order valence-electron chi connectivity index (χ3n) is 3.60. The maximum Gasteiger partial charge on any atom is 0.319 e. The van der Waals surface area contributed by atoms with E-state index in [-0.39, 0.29) is 12.6 Å². The van der Waals surface area contributed by atoms with E-state index in [1.54, 1.807) is 0 Å². The van der Waals surface area contributed by atoms with Crippen LogP contribution < -0.4 is 15.5 Å². The maximum atomic E-state index is 12.1. The minimum Gasteiger partial charge on any atom is -0.387 e. The lowest BCUT2D eigenvalue weighted by Crippen LogP contribution is -2.33. The molecule has 1 atom stereocenters. The molecular weight excluding hydrogens is 304 g/mol. The molecule has 2 amide bonds. The number of aromatic nitrogens is 1. The van der Waals surface area contributed by atoms with Gasteiger partial charge >= 0.3 is 6.03 Å². The van der Waals surface area contributed by atoms with Gasteiger partial charge in [0.1, 0.15) is 0 Å². The van der Waals surface area contributed by atoms with Crippen molar-refractivity contribution in [3.63, 3.8) is 0 Å². The highest BCUT2D eigenvalue weighted by Crippen LogP contribution is 2.21. The van der Waals surface area contributed by atoms with Crippen molar-refractivity contribution >= 4 is 17.5 Å². The topological polar surface area (TPSA) is 77.5 Å². The summed E-state index contributed by atoms with van der Waals surface area (Å²) in [6, 6.07) is 10.8. The molecule has 0 spiro atoms. The van der Waals surface area contributed by atoms with E-state index >= 15 is 0 Å². The highest BCUT2D eigenvalue weighted by Gasteiger charge is 2.12. The largest absolute Gasteiger partial charge is 0.387 e. The standard InChI is InChI=1S/C18H24N4O2/c1-12-5-8-14(9-6-12)16(23)11-19-18(24)21-15-10-7-13(2)20-17(15)22(3)4/h5-10,16,23H,11H2,1-4H3,(H2,19,21,24). The number of carbonyl (C=O) groups is 1. The highest BCUT2D eigenvalue weighted by atomic mass is 16.3. The van der Waals surface area contributed by atoms with Gasteiger partial charge in [-0.25, -0.2) is 9.78 Å². The van der Waals surface area contributed by atoms with Crippen LogP contribution in [-0.4, -0.2) is 36.8 Å². The number of pyridine rings is 1. The highest BCUT2D eigenvalue weighted by molar-refractivity contribution is 5.92. The molecule has 0 bridgehead atoms. The van der Waals surface area contributed by atoms with E-state index in [1.165, 1.54) is 0 Å². The van der Waals surface area contributed by atoms with Crippen LogP contribution in [0.2, 0.25) is 0 Å². The minimum absolute atomic E-state index is 0.130. The number of aliphatic hydroxyl groups excluding tert-OH is 1. The summed E-state index contributed by atoms with van der Waals surface area (Å²) in [5.74, 6) is 0.684. The van der Waals surface area contributed by atoms with E-state index in [1.807, 2.05) is 69.2 Å². The molecule has 0 aliphatic carbocycles. The molecule has 2 aromatic rings. The second kappa shape index (κ2) is 7.79. The fourth-order valence-corrected chi connectivity index (χ4v) is 2.24. The van der Waals surface area contributed by atoms with Crippen LogP contribution in [0.15, 0.2) is 36.4 Å². The summed E-state index contributed by atoms with van der Waals surface area (Å²) in [4.78, 5) is 18.3. The lowest BCUT2D eigenvalue weighted by molar-refractivity contribution is 0.175. The van der Waals surface area contributed by atoms with E-state index < -0.39 is 6.10 Å². The fraction of sp³-hybridized carbons (Fsp3) is 0.333. The van der Waals surface area contributed by atoms with E-state index in [0.717, 1.165) is 16.8 Å². The number of aryl methyl sites for hydroxylation is 2. The molecule has 0 saturated heterocycles. The van der Waals surface area contributed by atoms with Gasteiger partial charge in [-0.05, 0) is 31.5 Å². The number of hydrogen-bond donors (Lipinski definition) is 3. The summed E-state index contributed by atoms with van der Waals surface area (Å²) >= 11 is 0. The van der Waals surface area contributed by atoms with Crippen LogP contribution in [0.25, 0.3) is 0 Å². The van der Waals surface area contributed by atoms with Gasteiger partial charge in [0, 0.05) is 26.3 Å². The summed E-state index contributed by atoms with van der Waals surface area (Å²) in [5, 5.41) is 15.6. The first-order chi connectivity index (χ1) is 11.4. The molecule has 0 fully saturated rings. The van der Waals surface area contributed by atoms with Crippen LogP contribution in [0.4, 0.5) is 16.3 Å². The van der Waals surface area contributed by atoms with Crippen molar-refractivity contribution in [2.45, 2.75) is 20.0 Å². The normalized spacial score (nSPS) is 11.7. The van der Waals surface area contributed by atoms with Gasteiger partial charge in [-0.1, -0.05) is 29.8 Å². The predicted octanol–water partition coefficient (Wildman–Crippen LogP) is 2.62. The zero-order valence-corrected chi connectivity index (χ0v) is 14.5. The number of carbonyl (C=O) groups excluding carboxylic acids is 1. The second-order valence-electron chi connectivity index (χ2n) is 5.98. The van der Waals surface area contributed by atoms with E-state index in [2.05, 4.69) is 15.6 Å². The van der Waals surface area contributed by atoms with Crippen molar-refractivity contribution in [1.29, 1.82) is 0 Å². The molecule has 128 valence electrons. The molecule has 2 rings (SSSR count). The van der Waals surface area contributed by atoms with Crippen LogP contribution in [0.3, 0.4) is 0 Å². The summed E-state index contributed by atoms with van der Waals surface area (Å²) in [7, 11) is 3.73. The zero-order chi connectivity index (χ0) is 17.7. The Labute approximate surface area is 142 Å². The van der Waals surface area contributed by atoms with Crippen molar-refractivity contribution in [2.75, 3.05) is 30.9 Å². The average Bonchev–Trinajstić information content (AvgIpc) is 2.54. The van der Waals surface area contributed by atoms with Gasteiger partial charge < -0.3 is 20.6 Å². The van der Waals surface area contributed by atoms with Crippen molar-refractivity contribution in [3.05, 3.63) is 53.2 Å². The molecule has 6 nitrogen and oxygen atoms in total. The Bertz CT molecular complexity index is 699. The molecule has 24 heavy (non-hydrogen) atoms. The molecule has 0 saturated carbocycles. The van der Waals surface area contributed by atoms with Crippen molar-refractivity contribution < 1.29 is 9.90 Å². The van der Waals surface area contributed by atoms with Crippen LogP contribution >= 0.6 is 0 Å². The summed E-state index contributed by atoms with van der Waals surface area (Å²) < 4.78 is 0. The molecule has 0 aliphatic heterocycles. The Morgan fingerprint density at radius 1 is 1.17 bits per heavy atom. The van der Waals surface area contributed by atoms with Crippen molar-refractivity contribution in [1.82, 2.24) is 10.3 Å². The smallest absolute Gasteiger partial charge is 0.319 e. The number of aliphatic hydroxyl groups is 1. The van der Waals surface area contributed by atoms with E-state index in [4.69, 9.17) is 0 Å². The van der Waals surface area contributed by atoms with Crippen molar-refractivity contribution in [3.8, 4) is 0 Å². The Hall–Kier alpha value is -2.60. The van der Waals surface area contributed by atoms with E-state index in [0.29, 0.717) is 11.5 Å². The monoisotopic (exact) mass is 328 g/mol. The Morgan fingerprint density at radius 3 is 2.46 bits per heavy atom. The van der Waals surface area contributed by atoms with Gasteiger partial charge in [0.15, 0.2) is 5.82 Å². The van der Waals surface area contributed by atoms with Crippen LogP contribution in [0, 0.1) is 13.8 Å². The van der Waals surface area contributed by atoms with Gasteiger partial charge in [0.2, 0.25) is 0 Å². The SMILES string of the molecule is Cc1ccc(C(O)CNC(=O)Nc2ccc(C)nc2N(C)C)cc1. The minimum atomic E-state index is -0.749. The number of amides is 2. The first-order valence-electron chi connectivity index (χ1n) is 7.81. The summed E-state index contributed by atoms with van der Waals surface area (Å²) in [6.07, 6.45) is -0.749. The first-order valence-corrected chi connectivity index (χ1v) is 7.81. The number of rotatable bonds is 5. The van der Waals surface area contributed by atoms with Crippen molar-refractivity contribution in [2.24, 2.45) is 0 Å². The number of anilines is 2. The second-order valence-corrected chi connectivity index (χ2v) is 5.98. The van der Waals surface area contributed by atoms with Gasteiger partial charge in [-0.2, -0.15) is 0 Å². The molecule has 3 N–H and O–H groups in total. The Kier molecular flexibility index (Phi) is 5.76. The van der Waals surface area contributed by atoms with Crippen LogP contribution in [0.1, 0.15) is 22.9 Å². The van der Waals surface area contributed by atoms with E-state index in [9.17, 15) is 9.90 Å². The Balaban J connectivity index is 1.95. The van der Waals surface area contributed by atoms with Gasteiger partial charge in [-0.3, -0.25) is 0 Å². The zero-order valence-electron chi connectivity index (χ0n) is 14.5. The molecule has 6 heteroatoms. The molecule has 1 heterocycles. The number of nitrogens with one attached hydrogen (secondary N) is 2.